The summed E-state index contributed by atoms with van der Waals surface area (Å²) in [4.78, 5) is 14.9. The van der Waals surface area contributed by atoms with E-state index in [-0.39, 0.29) is 0 Å². The topological polar surface area (TPSA) is 75.3 Å². The number of β-amino-alcohol motifs (C(OH)–C–C–N with tert-alkyl or cyclic N) is 1. The Kier molecular flexibility index (Phi) is 3.09. The van der Waals surface area contributed by atoms with Crippen molar-refractivity contribution in [1.29, 1.82) is 0 Å². The van der Waals surface area contributed by atoms with E-state index in [4.69, 9.17) is 4.42 Å². The normalized spacial score (nSPS) is 21.3. The third kappa shape index (κ3) is 2.26. The fraction of sp³-hybridized carbons (Fsp3) is 0.353. The van der Waals surface area contributed by atoms with Gasteiger partial charge in [-0.2, -0.15) is 4.98 Å². The first-order valence-corrected chi connectivity index (χ1v) is 7.68. The van der Waals surface area contributed by atoms with Crippen LogP contribution in [-0.4, -0.2) is 33.1 Å². The van der Waals surface area contributed by atoms with Crippen LogP contribution in [0.25, 0.3) is 11.2 Å². The van der Waals surface area contributed by atoms with Gasteiger partial charge in [-0.05, 0) is 24.5 Å². The highest BCUT2D eigenvalue weighted by molar-refractivity contribution is 5.81. The number of benzene rings is 1. The molecule has 23 heavy (non-hydrogen) atoms. The van der Waals surface area contributed by atoms with E-state index in [0.29, 0.717) is 36.6 Å². The van der Waals surface area contributed by atoms with Crippen molar-refractivity contribution < 1.29 is 9.52 Å². The number of oxazole rings is 1. The number of nitrogens with zero attached hydrogens (tertiary/aromatic N) is 4. The van der Waals surface area contributed by atoms with Crippen LogP contribution in [0.2, 0.25) is 0 Å². The van der Waals surface area contributed by atoms with E-state index < -0.39 is 5.60 Å². The van der Waals surface area contributed by atoms with Gasteiger partial charge in [0.2, 0.25) is 0 Å². The molecule has 1 fully saturated rings. The zero-order chi connectivity index (χ0) is 16.0. The molecule has 1 aromatic carbocycles. The second-order valence-corrected chi connectivity index (χ2v) is 6.10. The molecule has 0 saturated carbocycles. The maximum absolute atomic E-state index is 11.1. The zero-order valence-corrected chi connectivity index (χ0v) is 13.2. The van der Waals surface area contributed by atoms with Crippen molar-refractivity contribution >= 4 is 17.0 Å². The Morgan fingerprint density at radius 3 is 2.87 bits per heavy atom. The molecule has 3 heterocycles. The van der Waals surface area contributed by atoms with Gasteiger partial charge in [-0.1, -0.05) is 24.3 Å². The largest absolute Gasteiger partial charge is 0.422 e. The zero-order valence-electron chi connectivity index (χ0n) is 13.2. The van der Waals surface area contributed by atoms with E-state index in [1.807, 2.05) is 31.2 Å². The summed E-state index contributed by atoms with van der Waals surface area (Å²) >= 11 is 0. The van der Waals surface area contributed by atoms with Gasteiger partial charge in [0.25, 0.3) is 5.71 Å². The van der Waals surface area contributed by atoms with Gasteiger partial charge in [-0.3, -0.25) is 0 Å². The first kappa shape index (κ1) is 14.1. The third-order valence-electron chi connectivity index (χ3n) is 4.48. The molecular formula is C17H18N4O2. The van der Waals surface area contributed by atoms with E-state index in [2.05, 4.69) is 19.9 Å². The maximum atomic E-state index is 11.1. The molecule has 6 heteroatoms. The molecule has 1 atom stereocenters. The summed E-state index contributed by atoms with van der Waals surface area (Å²) < 4.78 is 5.47. The van der Waals surface area contributed by atoms with Crippen LogP contribution in [0, 0.1) is 13.8 Å². The average Bonchev–Trinajstić information content (AvgIpc) is 3.10. The van der Waals surface area contributed by atoms with E-state index in [1.165, 1.54) is 6.33 Å². The minimum absolute atomic E-state index is 0.482. The predicted octanol–water partition coefficient (Wildman–Crippen LogP) is 2.33. The Morgan fingerprint density at radius 1 is 1.22 bits per heavy atom. The van der Waals surface area contributed by atoms with E-state index in [9.17, 15) is 5.11 Å². The summed E-state index contributed by atoms with van der Waals surface area (Å²) in [5.74, 6) is 1.28. The number of hydrogen-bond donors (Lipinski definition) is 1. The van der Waals surface area contributed by atoms with Crippen LogP contribution < -0.4 is 4.90 Å². The molecule has 1 N–H and O–H groups in total. The molecule has 2 aromatic heterocycles. The number of aryl methyl sites for hydroxylation is 2. The predicted molar refractivity (Wildman–Crippen MR) is 86.2 cm³/mol. The highest BCUT2D eigenvalue weighted by atomic mass is 16.4. The summed E-state index contributed by atoms with van der Waals surface area (Å²) in [6.07, 6.45) is 2.13. The Labute approximate surface area is 133 Å². The Balaban J connectivity index is 1.71. The molecule has 0 amide bonds. The van der Waals surface area contributed by atoms with E-state index in [1.54, 1.807) is 6.92 Å². The summed E-state index contributed by atoms with van der Waals surface area (Å²) in [6.45, 7) is 5.01. The Bertz CT molecular complexity index is 876. The Morgan fingerprint density at radius 2 is 2.04 bits per heavy atom. The van der Waals surface area contributed by atoms with Gasteiger partial charge in [0.05, 0.1) is 6.54 Å². The lowest BCUT2D eigenvalue weighted by molar-refractivity contribution is 0.0600. The molecule has 0 unspecified atom stereocenters. The fourth-order valence-electron chi connectivity index (χ4n) is 3.37. The first-order valence-electron chi connectivity index (χ1n) is 7.68. The molecule has 0 spiro atoms. The van der Waals surface area contributed by atoms with Crippen molar-refractivity contribution in [3.8, 4) is 0 Å². The lowest BCUT2D eigenvalue weighted by Crippen LogP contribution is -2.31. The van der Waals surface area contributed by atoms with E-state index in [0.717, 1.165) is 16.9 Å². The van der Waals surface area contributed by atoms with Gasteiger partial charge in [0.15, 0.2) is 17.2 Å². The molecule has 4 rings (SSSR count). The number of rotatable bonds is 2. The molecule has 0 bridgehead atoms. The molecule has 0 radical (unpaired) electrons. The number of hydrogen-bond acceptors (Lipinski definition) is 6. The maximum Gasteiger partial charge on any atom is 0.252 e. The van der Waals surface area contributed by atoms with Crippen LogP contribution in [0.1, 0.15) is 23.4 Å². The number of anilines is 1. The van der Waals surface area contributed by atoms with Gasteiger partial charge >= 0.3 is 0 Å². The molecule has 3 aromatic rings. The van der Waals surface area contributed by atoms with Gasteiger partial charge in [0, 0.05) is 13.5 Å². The molecule has 1 aliphatic rings. The molecule has 0 aliphatic carbocycles. The fourth-order valence-corrected chi connectivity index (χ4v) is 3.37. The van der Waals surface area contributed by atoms with Crippen molar-refractivity contribution in [2.75, 3.05) is 18.0 Å². The SMILES string of the molecule is Cc1nc2c(N3CC[C@](O)(c4ccccc4C)C3)ncnc2o1. The summed E-state index contributed by atoms with van der Waals surface area (Å²) in [6, 6.07) is 7.97. The second-order valence-electron chi connectivity index (χ2n) is 6.10. The molecular weight excluding hydrogens is 292 g/mol. The molecule has 1 aliphatic heterocycles. The highest BCUT2D eigenvalue weighted by Gasteiger charge is 2.39. The molecule has 1 saturated heterocycles. The highest BCUT2D eigenvalue weighted by Crippen LogP contribution is 2.37. The minimum atomic E-state index is -0.874. The minimum Gasteiger partial charge on any atom is -0.422 e. The summed E-state index contributed by atoms with van der Waals surface area (Å²) in [5.41, 5.74) is 2.34. The smallest absolute Gasteiger partial charge is 0.252 e. The summed E-state index contributed by atoms with van der Waals surface area (Å²) in [5, 5.41) is 11.1. The second kappa shape index (κ2) is 5.03. The monoisotopic (exact) mass is 310 g/mol. The summed E-state index contributed by atoms with van der Waals surface area (Å²) in [7, 11) is 0. The van der Waals surface area contributed by atoms with Gasteiger partial charge < -0.3 is 14.4 Å². The number of aromatic nitrogens is 3. The quantitative estimate of drug-likeness (QED) is 0.783. The number of fused-ring (bicyclic) bond motifs is 1. The van der Waals surface area contributed by atoms with Crippen LogP contribution in [0.5, 0.6) is 0 Å². The third-order valence-corrected chi connectivity index (χ3v) is 4.48. The van der Waals surface area contributed by atoms with Crippen molar-refractivity contribution in [2.24, 2.45) is 0 Å². The van der Waals surface area contributed by atoms with Gasteiger partial charge in [-0.25, -0.2) is 9.97 Å². The van der Waals surface area contributed by atoms with Gasteiger partial charge in [0.1, 0.15) is 11.9 Å². The van der Waals surface area contributed by atoms with Crippen LogP contribution >= 0.6 is 0 Å². The van der Waals surface area contributed by atoms with Crippen LogP contribution in [0.4, 0.5) is 5.82 Å². The van der Waals surface area contributed by atoms with Gasteiger partial charge in [-0.15, -0.1) is 0 Å². The van der Waals surface area contributed by atoms with Crippen molar-refractivity contribution in [1.82, 2.24) is 15.0 Å². The van der Waals surface area contributed by atoms with Crippen LogP contribution in [-0.2, 0) is 5.60 Å². The molecule has 6 nitrogen and oxygen atoms in total. The molecule has 118 valence electrons. The average molecular weight is 310 g/mol. The lowest BCUT2D eigenvalue weighted by atomic mass is 9.89. The van der Waals surface area contributed by atoms with Crippen molar-refractivity contribution in [3.05, 3.63) is 47.6 Å². The van der Waals surface area contributed by atoms with E-state index >= 15 is 0 Å². The van der Waals surface area contributed by atoms with Crippen LogP contribution in [0.3, 0.4) is 0 Å². The first-order chi connectivity index (χ1) is 11.1. The van der Waals surface area contributed by atoms with Crippen molar-refractivity contribution in [2.45, 2.75) is 25.9 Å². The van der Waals surface area contributed by atoms with Crippen LogP contribution in [0.15, 0.2) is 35.0 Å². The standard InChI is InChI=1S/C17H18N4O2/c1-11-5-3-4-6-13(11)17(22)7-8-21(9-17)15-14-16(19-10-18-15)23-12(2)20-14/h3-6,10,22H,7-9H2,1-2H3/t17-/m1/s1. The Hall–Kier alpha value is -2.47. The number of aliphatic hydroxyl groups is 1. The lowest BCUT2D eigenvalue weighted by Gasteiger charge is -2.25. The van der Waals surface area contributed by atoms with Crippen molar-refractivity contribution in [3.63, 3.8) is 0 Å².